The Bertz CT molecular complexity index is 481. The summed E-state index contributed by atoms with van der Waals surface area (Å²) in [5, 5.41) is 3.42. The summed E-state index contributed by atoms with van der Waals surface area (Å²) >= 11 is 0. The Morgan fingerprint density at radius 1 is 1.29 bits per heavy atom. The normalized spacial score (nSPS) is 21.3. The summed E-state index contributed by atoms with van der Waals surface area (Å²) in [4.78, 5) is 6.85. The molecule has 1 saturated heterocycles. The number of likely N-dealkylation sites (tertiary alicyclic amines) is 1. The van der Waals surface area contributed by atoms with Crippen LogP contribution in [0.1, 0.15) is 38.2 Å². The molecule has 2 unspecified atom stereocenters. The fourth-order valence-corrected chi connectivity index (χ4v) is 3.49. The lowest BCUT2D eigenvalue weighted by molar-refractivity contribution is 0.150. The fraction of sp³-hybridized carbons (Fsp3) is 0.632. The van der Waals surface area contributed by atoms with Crippen LogP contribution in [0.25, 0.3) is 0 Å². The van der Waals surface area contributed by atoms with Crippen molar-refractivity contribution in [2.75, 3.05) is 39.9 Å². The van der Waals surface area contributed by atoms with Gasteiger partial charge in [0.1, 0.15) is 0 Å². The van der Waals surface area contributed by atoms with Gasteiger partial charge in [-0.3, -0.25) is 4.99 Å². The van der Waals surface area contributed by atoms with Crippen LogP contribution in [0.15, 0.2) is 35.3 Å². The first-order valence-corrected chi connectivity index (χ1v) is 8.88. The molecule has 1 heterocycles. The maximum absolute atomic E-state index is 5.40. The number of nitrogens with zero attached hydrogens (tertiary/aromatic N) is 2. The Morgan fingerprint density at radius 3 is 2.67 bits per heavy atom. The van der Waals surface area contributed by atoms with E-state index in [1.807, 2.05) is 14.0 Å². The number of nitrogens with one attached hydrogen (secondary N) is 1. The van der Waals surface area contributed by atoms with Crippen molar-refractivity contribution in [3.05, 3.63) is 35.9 Å². The molecule has 1 N–H and O–H groups in total. The number of piperidine rings is 1. The van der Waals surface area contributed by atoms with Gasteiger partial charge in [-0.25, -0.2) is 0 Å². The van der Waals surface area contributed by atoms with Crippen LogP contribution in [-0.4, -0.2) is 50.8 Å². The van der Waals surface area contributed by atoms with E-state index in [0.29, 0.717) is 11.8 Å². The molecule has 1 aliphatic rings. The number of hydrogen-bond donors (Lipinski definition) is 1. The molecule has 0 amide bonds. The van der Waals surface area contributed by atoms with Gasteiger partial charge in [0.2, 0.25) is 0 Å². The minimum absolute atomic E-state index is 0. The number of halogens is 1. The van der Waals surface area contributed by atoms with Gasteiger partial charge in [0.05, 0.1) is 6.61 Å². The predicted octanol–water partition coefficient (Wildman–Crippen LogP) is 3.73. The van der Waals surface area contributed by atoms with E-state index in [1.54, 1.807) is 0 Å². The molecule has 0 radical (unpaired) electrons. The first-order chi connectivity index (χ1) is 11.3. The minimum Gasteiger partial charge on any atom is -0.380 e. The van der Waals surface area contributed by atoms with Crippen molar-refractivity contribution in [1.82, 2.24) is 10.2 Å². The first-order valence-electron chi connectivity index (χ1n) is 8.88. The van der Waals surface area contributed by atoms with E-state index >= 15 is 0 Å². The molecule has 4 nitrogen and oxygen atoms in total. The number of ether oxygens (including phenoxy) is 1. The van der Waals surface area contributed by atoms with Gasteiger partial charge in [0, 0.05) is 33.3 Å². The number of benzene rings is 1. The third kappa shape index (κ3) is 5.92. The molecular formula is C19H32IN3O. The first kappa shape index (κ1) is 21.2. The molecule has 2 atom stereocenters. The zero-order valence-electron chi connectivity index (χ0n) is 15.2. The van der Waals surface area contributed by atoms with Crippen molar-refractivity contribution in [2.24, 2.45) is 10.9 Å². The number of hydrogen-bond acceptors (Lipinski definition) is 2. The molecule has 2 rings (SSSR count). The molecule has 0 bridgehead atoms. The Morgan fingerprint density at radius 2 is 2.04 bits per heavy atom. The van der Waals surface area contributed by atoms with E-state index in [1.165, 1.54) is 18.4 Å². The summed E-state index contributed by atoms with van der Waals surface area (Å²) in [6, 6.07) is 11.0. The highest BCUT2D eigenvalue weighted by atomic mass is 127. The van der Waals surface area contributed by atoms with Crippen LogP contribution in [-0.2, 0) is 4.74 Å². The van der Waals surface area contributed by atoms with Crippen molar-refractivity contribution in [3.8, 4) is 0 Å². The van der Waals surface area contributed by atoms with E-state index in [4.69, 9.17) is 4.74 Å². The lowest BCUT2D eigenvalue weighted by Crippen LogP contribution is -2.49. The Kier molecular flexibility index (Phi) is 10.3. The largest absolute Gasteiger partial charge is 0.380 e. The van der Waals surface area contributed by atoms with Gasteiger partial charge in [-0.1, -0.05) is 43.7 Å². The van der Waals surface area contributed by atoms with Crippen LogP contribution >= 0.6 is 24.0 Å². The Labute approximate surface area is 164 Å². The zero-order valence-corrected chi connectivity index (χ0v) is 17.5. The molecule has 0 saturated carbocycles. The number of guanidine groups is 1. The fourth-order valence-electron chi connectivity index (χ4n) is 3.49. The highest BCUT2D eigenvalue weighted by molar-refractivity contribution is 14.0. The van der Waals surface area contributed by atoms with Crippen LogP contribution in [0.3, 0.4) is 0 Å². The highest BCUT2D eigenvalue weighted by Gasteiger charge is 2.30. The summed E-state index contributed by atoms with van der Waals surface area (Å²) in [5.74, 6) is 2.35. The maximum Gasteiger partial charge on any atom is 0.193 e. The smallest absolute Gasteiger partial charge is 0.193 e. The monoisotopic (exact) mass is 445 g/mol. The molecule has 0 spiro atoms. The van der Waals surface area contributed by atoms with Crippen LogP contribution in [0.5, 0.6) is 0 Å². The lowest BCUT2D eigenvalue weighted by Gasteiger charge is -2.40. The standard InChI is InChI=1S/C19H31N3O.HI/c1-4-16-15-22(19(20-3)21-12-14-23-5-2)13-11-18(16)17-9-7-6-8-10-17;/h6-10,16,18H,4-5,11-15H2,1-3H3,(H,20,21);1H. The second-order valence-corrected chi connectivity index (χ2v) is 6.09. The van der Waals surface area contributed by atoms with Crippen molar-refractivity contribution < 1.29 is 4.74 Å². The average Bonchev–Trinajstić information content (AvgIpc) is 2.62. The SMILES string of the molecule is CCOCCNC(=NC)N1CCC(c2ccccc2)C(CC)C1.I. The van der Waals surface area contributed by atoms with Crippen molar-refractivity contribution in [2.45, 2.75) is 32.6 Å². The van der Waals surface area contributed by atoms with E-state index in [2.05, 4.69) is 52.5 Å². The van der Waals surface area contributed by atoms with Crippen molar-refractivity contribution in [1.29, 1.82) is 0 Å². The zero-order chi connectivity index (χ0) is 16.5. The summed E-state index contributed by atoms with van der Waals surface area (Å²) in [7, 11) is 1.87. The molecule has 1 aliphatic heterocycles. The molecule has 0 aromatic heterocycles. The van der Waals surface area contributed by atoms with Gasteiger partial charge in [-0.15, -0.1) is 24.0 Å². The number of rotatable bonds is 6. The lowest BCUT2D eigenvalue weighted by atomic mass is 9.79. The Hall–Kier alpha value is -0.820. The second kappa shape index (κ2) is 11.7. The van der Waals surface area contributed by atoms with Gasteiger partial charge in [-0.05, 0) is 30.7 Å². The van der Waals surface area contributed by atoms with Gasteiger partial charge < -0.3 is 15.0 Å². The maximum atomic E-state index is 5.40. The molecule has 136 valence electrons. The topological polar surface area (TPSA) is 36.9 Å². The second-order valence-electron chi connectivity index (χ2n) is 6.09. The highest BCUT2D eigenvalue weighted by Crippen LogP contribution is 2.34. The average molecular weight is 445 g/mol. The van der Waals surface area contributed by atoms with Crippen LogP contribution in [0.2, 0.25) is 0 Å². The summed E-state index contributed by atoms with van der Waals surface area (Å²) < 4.78 is 5.40. The van der Waals surface area contributed by atoms with Crippen LogP contribution in [0, 0.1) is 5.92 Å². The molecule has 24 heavy (non-hydrogen) atoms. The molecule has 1 aromatic carbocycles. The minimum atomic E-state index is 0. The molecular weight excluding hydrogens is 413 g/mol. The van der Waals surface area contributed by atoms with Gasteiger partial charge in [-0.2, -0.15) is 0 Å². The van der Waals surface area contributed by atoms with Crippen molar-refractivity contribution >= 4 is 29.9 Å². The summed E-state index contributed by atoms with van der Waals surface area (Å²) in [6.45, 7) is 8.77. The van der Waals surface area contributed by atoms with E-state index in [-0.39, 0.29) is 24.0 Å². The molecule has 0 aliphatic carbocycles. The van der Waals surface area contributed by atoms with E-state index in [0.717, 1.165) is 38.8 Å². The third-order valence-electron chi connectivity index (χ3n) is 4.73. The van der Waals surface area contributed by atoms with E-state index < -0.39 is 0 Å². The Balaban J connectivity index is 0.00000288. The molecule has 1 aromatic rings. The van der Waals surface area contributed by atoms with Gasteiger partial charge >= 0.3 is 0 Å². The van der Waals surface area contributed by atoms with Crippen LogP contribution in [0.4, 0.5) is 0 Å². The third-order valence-corrected chi connectivity index (χ3v) is 4.73. The quantitative estimate of drug-likeness (QED) is 0.314. The van der Waals surface area contributed by atoms with Crippen LogP contribution < -0.4 is 5.32 Å². The predicted molar refractivity (Wildman–Crippen MR) is 112 cm³/mol. The van der Waals surface area contributed by atoms with E-state index in [9.17, 15) is 0 Å². The van der Waals surface area contributed by atoms with Gasteiger partial charge in [0.15, 0.2) is 5.96 Å². The number of aliphatic imine (C=N–C) groups is 1. The molecule has 5 heteroatoms. The summed E-state index contributed by atoms with van der Waals surface area (Å²) in [5.41, 5.74) is 1.48. The summed E-state index contributed by atoms with van der Waals surface area (Å²) in [6.07, 6.45) is 2.39. The molecule has 1 fully saturated rings. The van der Waals surface area contributed by atoms with Gasteiger partial charge in [0.25, 0.3) is 0 Å². The van der Waals surface area contributed by atoms with Crippen molar-refractivity contribution in [3.63, 3.8) is 0 Å².